The van der Waals surface area contributed by atoms with Gasteiger partial charge in [-0.25, -0.2) is 0 Å². The lowest BCUT2D eigenvalue weighted by Crippen LogP contribution is -2.55. The van der Waals surface area contributed by atoms with Crippen molar-refractivity contribution < 1.29 is 33.3 Å². The molecule has 8 nitrogen and oxygen atoms in total. The Balaban J connectivity index is 1.88. The first-order valence-electron chi connectivity index (χ1n) is 9.75. The molecule has 0 saturated carbocycles. The number of esters is 3. The molecule has 3 rings (SSSR count). The lowest BCUT2D eigenvalue weighted by atomic mass is 10.1. The van der Waals surface area contributed by atoms with Crippen LogP contribution in [0, 0.1) is 0 Å². The minimum atomic E-state index is -1.01. The van der Waals surface area contributed by atoms with Gasteiger partial charge in [-0.1, -0.05) is 23.7 Å². The van der Waals surface area contributed by atoms with E-state index < -0.39 is 41.7 Å². The normalized spacial score (nSPS) is 22.5. The van der Waals surface area contributed by atoms with Gasteiger partial charge in [-0.15, -0.1) is 11.8 Å². The Morgan fingerprint density at radius 1 is 0.969 bits per heavy atom. The minimum Gasteiger partial charge on any atom is -0.476 e. The molecule has 0 amide bonds. The molecule has 170 valence electrons. The number of nitrogens with zero attached hydrogens (tertiary/aromatic N) is 1. The number of ether oxygens (including phenoxy) is 4. The van der Waals surface area contributed by atoms with Crippen molar-refractivity contribution in [2.45, 2.75) is 44.5 Å². The quantitative estimate of drug-likeness (QED) is 0.453. The zero-order valence-corrected chi connectivity index (χ0v) is 19.2. The molecule has 1 aliphatic rings. The van der Waals surface area contributed by atoms with Crippen LogP contribution in [0.5, 0.6) is 5.75 Å². The van der Waals surface area contributed by atoms with Crippen molar-refractivity contribution in [1.29, 1.82) is 0 Å². The second-order valence-electron chi connectivity index (χ2n) is 6.98. The highest BCUT2D eigenvalue weighted by Gasteiger charge is 2.47. The summed E-state index contributed by atoms with van der Waals surface area (Å²) in [5.74, 6) is -0.952. The summed E-state index contributed by atoms with van der Waals surface area (Å²) in [7, 11) is 0. The van der Waals surface area contributed by atoms with Gasteiger partial charge in [-0.2, -0.15) is 0 Å². The molecule has 1 aromatic carbocycles. The van der Waals surface area contributed by atoms with Crippen molar-refractivity contribution in [3.63, 3.8) is 0 Å². The van der Waals surface area contributed by atoms with Crippen molar-refractivity contribution in [3.05, 3.63) is 47.6 Å². The van der Waals surface area contributed by atoms with Gasteiger partial charge in [0.1, 0.15) is 5.75 Å². The molecule has 0 radical (unpaired) electrons. The summed E-state index contributed by atoms with van der Waals surface area (Å²) in [6, 6.07) is 10.6. The number of carbonyl (C=O) groups excluding carboxylic acids is 3. The van der Waals surface area contributed by atoms with Crippen molar-refractivity contribution in [3.8, 4) is 17.0 Å². The topological polar surface area (TPSA) is 101 Å². The monoisotopic (exact) mass is 479 g/mol. The third kappa shape index (κ3) is 6.14. The first-order chi connectivity index (χ1) is 15.2. The summed E-state index contributed by atoms with van der Waals surface area (Å²) in [5.41, 5.74) is 0.622. The van der Waals surface area contributed by atoms with E-state index in [1.54, 1.807) is 36.5 Å². The van der Waals surface area contributed by atoms with Gasteiger partial charge in [0.05, 0.1) is 10.7 Å². The minimum absolute atomic E-state index is 0.283. The summed E-state index contributed by atoms with van der Waals surface area (Å²) < 4.78 is 22.2. The van der Waals surface area contributed by atoms with E-state index in [9.17, 15) is 14.4 Å². The Kier molecular flexibility index (Phi) is 7.98. The van der Waals surface area contributed by atoms with Crippen LogP contribution in [0.2, 0.25) is 5.02 Å². The summed E-state index contributed by atoms with van der Waals surface area (Å²) in [4.78, 5) is 39.3. The van der Waals surface area contributed by atoms with E-state index in [1.165, 1.54) is 32.5 Å². The maximum atomic E-state index is 11.8. The van der Waals surface area contributed by atoms with E-state index in [2.05, 4.69) is 4.98 Å². The molecule has 0 unspecified atom stereocenters. The molecule has 2 heterocycles. The summed E-state index contributed by atoms with van der Waals surface area (Å²) in [5, 5.41) is 0.494. The maximum absolute atomic E-state index is 11.8. The van der Waals surface area contributed by atoms with Crippen molar-refractivity contribution in [2.24, 2.45) is 0 Å². The summed E-state index contributed by atoms with van der Waals surface area (Å²) in [6.07, 6.45) is -1.16. The Morgan fingerprint density at radius 3 is 2.31 bits per heavy atom. The highest BCUT2D eigenvalue weighted by atomic mass is 35.5. The van der Waals surface area contributed by atoms with Gasteiger partial charge in [0, 0.05) is 38.3 Å². The van der Waals surface area contributed by atoms with Gasteiger partial charge < -0.3 is 18.9 Å². The molecular formula is C22H22ClNO7S. The molecule has 0 N–H and O–H groups in total. The van der Waals surface area contributed by atoms with Crippen molar-refractivity contribution in [2.75, 3.05) is 5.75 Å². The summed E-state index contributed by atoms with van der Waals surface area (Å²) >= 11 is 7.54. The van der Waals surface area contributed by atoms with E-state index in [-0.39, 0.29) is 5.75 Å². The molecule has 1 aliphatic heterocycles. The average Bonchev–Trinajstić information content (AvgIpc) is 2.72. The van der Waals surface area contributed by atoms with Crippen LogP contribution >= 0.6 is 23.4 Å². The predicted molar refractivity (Wildman–Crippen MR) is 118 cm³/mol. The van der Waals surface area contributed by atoms with E-state index in [1.807, 2.05) is 6.07 Å². The van der Waals surface area contributed by atoms with Crippen molar-refractivity contribution >= 4 is 41.3 Å². The Labute approximate surface area is 194 Å². The number of thioether (sulfide) groups is 1. The molecule has 0 aliphatic carbocycles. The molecule has 1 fully saturated rings. The van der Waals surface area contributed by atoms with E-state index in [0.717, 1.165) is 5.56 Å². The molecule has 0 bridgehead atoms. The van der Waals surface area contributed by atoms with Gasteiger partial charge in [-0.3, -0.25) is 19.4 Å². The Morgan fingerprint density at radius 2 is 1.66 bits per heavy atom. The van der Waals surface area contributed by atoms with Gasteiger partial charge in [-0.05, 0) is 24.3 Å². The number of rotatable bonds is 6. The Bertz CT molecular complexity index is 1000. The largest absolute Gasteiger partial charge is 0.476 e. The lowest BCUT2D eigenvalue weighted by Gasteiger charge is -2.39. The zero-order chi connectivity index (χ0) is 23.3. The van der Waals surface area contributed by atoms with Crippen LogP contribution in [-0.2, 0) is 28.6 Å². The van der Waals surface area contributed by atoms with Crippen LogP contribution in [0.4, 0.5) is 0 Å². The van der Waals surface area contributed by atoms with E-state index in [4.69, 9.17) is 30.5 Å². The smallest absolute Gasteiger partial charge is 0.303 e. The van der Waals surface area contributed by atoms with E-state index in [0.29, 0.717) is 16.5 Å². The fourth-order valence-electron chi connectivity index (χ4n) is 3.26. The fraction of sp³-hybridized carbons (Fsp3) is 0.364. The molecular weight excluding hydrogens is 458 g/mol. The van der Waals surface area contributed by atoms with Crippen LogP contribution < -0.4 is 4.74 Å². The molecule has 1 aromatic heterocycles. The molecule has 10 heteroatoms. The number of aromatic nitrogens is 1. The Hall–Kier alpha value is -2.78. The van der Waals surface area contributed by atoms with Crippen molar-refractivity contribution in [1.82, 2.24) is 4.98 Å². The number of hydrogen-bond acceptors (Lipinski definition) is 9. The number of hydrogen-bond donors (Lipinski definition) is 0. The number of halogens is 1. The van der Waals surface area contributed by atoms with Gasteiger partial charge in [0.2, 0.25) is 0 Å². The van der Waals surface area contributed by atoms with Gasteiger partial charge >= 0.3 is 17.9 Å². The second kappa shape index (κ2) is 10.7. The predicted octanol–water partition coefficient (Wildman–Crippen LogP) is 3.65. The molecule has 1 saturated heterocycles. The van der Waals surface area contributed by atoms with Gasteiger partial charge in [0.25, 0.3) is 0 Å². The molecule has 32 heavy (non-hydrogen) atoms. The van der Waals surface area contributed by atoms with Crippen LogP contribution in [0.15, 0.2) is 42.6 Å². The number of benzene rings is 1. The highest BCUT2D eigenvalue weighted by molar-refractivity contribution is 7.99. The third-order valence-corrected chi connectivity index (χ3v) is 5.94. The highest BCUT2D eigenvalue weighted by Crippen LogP contribution is 2.35. The van der Waals surface area contributed by atoms with Gasteiger partial charge in [0.15, 0.2) is 23.7 Å². The zero-order valence-electron chi connectivity index (χ0n) is 17.6. The fourth-order valence-corrected chi connectivity index (χ4v) is 4.71. The van der Waals surface area contributed by atoms with Crippen LogP contribution in [0.1, 0.15) is 20.8 Å². The first kappa shape index (κ1) is 23.9. The molecule has 4 atom stereocenters. The van der Waals surface area contributed by atoms with Crippen LogP contribution in [0.25, 0.3) is 11.3 Å². The first-order valence-corrected chi connectivity index (χ1v) is 11.2. The standard InChI is InChI=1S/C22H22ClNO7S/c1-12(25)28-18-11-32-22(21(30-14(3)27)20(18)29-13(2)26)31-16-7-4-6-15(10-16)19-17(23)8-5-9-24-19/h4-10,18,20-22H,11H2,1-3H3/t18-,20+,21-,22-/m1/s1. The number of carbonyl (C=O) groups is 3. The van der Waals surface area contributed by atoms with Crippen LogP contribution in [0.3, 0.4) is 0 Å². The average molecular weight is 480 g/mol. The summed E-state index contributed by atoms with van der Waals surface area (Å²) in [6.45, 7) is 3.73. The number of pyridine rings is 1. The van der Waals surface area contributed by atoms with Crippen LogP contribution in [-0.4, -0.2) is 52.4 Å². The lowest BCUT2D eigenvalue weighted by molar-refractivity contribution is -0.186. The SMILES string of the molecule is CC(=O)O[C@@H]1[C@@H](OC(C)=O)[C@H](OC(C)=O)CS[C@H]1Oc1cccc(-c2ncccc2Cl)c1. The maximum Gasteiger partial charge on any atom is 0.303 e. The molecule has 2 aromatic rings. The van der Waals surface area contributed by atoms with E-state index >= 15 is 0 Å². The third-order valence-electron chi connectivity index (χ3n) is 4.42. The second-order valence-corrected chi connectivity index (χ2v) is 8.52. The molecule has 0 spiro atoms.